The van der Waals surface area contributed by atoms with Crippen molar-refractivity contribution in [2.24, 2.45) is 0 Å². The van der Waals surface area contributed by atoms with E-state index in [1.165, 1.54) is 77.9 Å². The van der Waals surface area contributed by atoms with Gasteiger partial charge in [0.05, 0.1) is 16.5 Å². The lowest BCUT2D eigenvalue weighted by Crippen LogP contribution is -2.32. The molecular formula is C71H47NO2. The molecule has 2 heterocycles. The van der Waals surface area contributed by atoms with Gasteiger partial charge in [-0.1, -0.05) is 202 Å². The van der Waals surface area contributed by atoms with Gasteiger partial charge in [-0.2, -0.15) is 0 Å². The van der Waals surface area contributed by atoms with Crippen LogP contribution in [-0.2, 0) is 16.2 Å². The van der Waals surface area contributed by atoms with Crippen LogP contribution >= 0.6 is 0 Å². The molecule has 0 amide bonds. The summed E-state index contributed by atoms with van der Waals surface area (Å²) in [5.41, 5.74) is 24.3. The van der Waals surface area contributed by atoms with E-state index >= 15 is 0 Å². The number of fused-ring (bicyclic) bond motifs is 21. The van der Waals surface area contributed by atoms with Gasteiger partial charge < -0.3 is 14.4 Å². The first kappa shape index (κ1) is 41.4. The summed E-state index contributed by atoms with van der Waals surface area (Å²) in [5.74, 6) is 3.57. The zero-order valence-electron chi connectivity index (χ0n) is 40.9. The van der Waals surface area contributed by atoms with Crippen LogP contribution in [0.2, 0.25) is 0 Å². The highest BCUT2D eigenvalue weighted by atomic mass is 16.5. The number of benzene rings is 11. The van der Waals surface area contributed by atoms with Gasteiger partial charge in [0.25, 0.3) is 0 Å². The Hall–Kier alpha value is -9.18. The van der Waals surface area contributed by atoms with Gasteiger partial charge >= 0.3 is 0 Å². The van der Waals surface area contributed by atoms with E-state index < -0.39 is 10.8 Å². The largest absolute Gasteiger partial charge is 0.457 e. The molecule has 11 aromatic carbocycles. The van der Waals surface area contributed by atoms with Crippen molar-refractivity contribution >= 4 is 17.1 Å². The molecule has 0 saturated carbocycles. The summed E-state index contributed by atoms with van der Waals surface area (Å²) in [5, 5.41) is 0. The van der Waals surface area contributed by atoms with Crippen molar-refractivity contribution in [1.82, 2.24) is 0 Å². The Morgan fingerprint density at radius 3 is 1.34 bits per heavy atom. The summed E-state index contributed by atoms with van der Waals surface area (Å²) in [7, 11) is 0. The second kappa shape index (κ2) is 14.9. The quantitative estimate of drug-likeness (QED) is 0.175. The standard InChI is InChI=1S/C71H47NO2/c1-69(2)53-24-6-3-21-48(53)50-39-38-47(43-62(50)69)72(63-32-18-31-61-68(63)51-23-5-8-26-55(51)71(61)59-29-11-15-35-66(59)74-67-36-16-12-30-60(67)71)46-20-17-19-44(41-46)45-37-40-56-52(42-45)49-22-4-7-25-54(49)70(56)57-27-9-13-33-64(57)73-65-34-14-10-28-58(65)70/h3-43H,1-2H3. The molecular weight excluding hydrogens is 899 g/mol. The Labute approximate surface area is 431 Å². The van der Waals surface area contributed by atoms with Gasteiger partial charge in [-0.25, -0.2) is 0 Å². The fraction of sp³-hybridized carbons (Fsp3) is 0.0704. The SMILES string of the molecule is CC1(C)c2ccccc2-c2ccc(N(c3cccc(-c4ccc5c(c4)-c4ccccc4C54c5ccccc5Oc5ccccc54)c3)c3cccc4c3-c3ccccc3C43c4ccccc4Oc4ccccc43)cc21. The molecule has 2 spiro atoms. The summed E-state index contributed by atoms with van der Waals surface area (Å²) in [6.07, 6.45) is 0. The van der Waals surface area contributed by atoms with Gasteiger partial charge in [0, 0.05) is 44.6 Å². The molecule has 0 fully saturated rings. The lowest BCUT2D eigenvalue weighted by atomic mass is 9.66. The Morgan fingerprint density at radius 2 is 0.716 bits per heavy atom. The molecule has 348 valence electrons. The van der Waals surface area contributed by atoms with Crippen molar-refractivity contribution in [2.75, 3.05) is 4.90 Å². The minimum atomic E-state index is -0.605. The van der Waals surface area contributed by atoms with Crippen molar-refractivity contribution < 1.29 is 9.47 Å². The summed E-state index contributed by atoms with van der Waals surface area (Å²) < 4.78 is 13.4. The second-order valence-corrected chi connectivity index (χ2v) is 21.0. The highest BCUT2D eigenvalue weighted by molar-refractivity contribution is 6.00. The highest BCUT2D eigenvalue weighted by Gasteiger charge is 2.53. The van der Waals surface area contributed by atoms with Crippen molar-refractivity contribution in [3.05, 3.63) is 304 Å². The van der Waals surface area contributed by atoms with Gasteiger partial charge in [-0.05, 0) is 133 Å². The minimum absolute atomic E-state index is 0.191. The van der Waals surface area contributed by atoms with Gasteiger partial charge in [-0.3, -0.25) is 0 Å². The van der Waals surface area contributed by atoms with Crippen LogP contribution in [0.25, 0.3) is 44.5 Å². The first-order valence-corrected chi connectivity index (χ1v) is 25.8. The molecule has 16 rings (SSSR count). The van der Waals surface area contributed by atoms with Crippen LogP contribution in [0.5, 0.6) is 23.0 Å². The van der Waals surface area contributed by atoms with Crippen LogP contribution in [0.3, 0.4) is 0 Å². The number of nitrogens with zero attached hydrogens (tertiary/aromatic N) is 1. The normalized spacial score (nSPS) is 15.2. The van der Waals surface area contributed by atoms with Gasteiger partial charge in [0.2, 0.25) is 0 Å². The van der Waals surface area contributed by atoms with Gasteiger partial charge in [0.15, 0.2) is 0 Å². The number of para-hydroxylation sites is 4. The molecule has 0 N–H and O–H groups in total. The Balaban J connectivity index is 0.924. The van der Waals surface area contributed by atoms with E-state index in [9.17, 15) is 0 Å². The number of hydrogen-bond donors (Lipinski definition) is 0. The lowest BCUT2D eigenvalue weighted by Gasteiger charge is -2.39. The summed E-state index contributed by atoms with van der Waals surface area (Å²) in [6, 6.07) is 91.9. The Bertz CT molecular complexity index is 4120. The third kappa shape index (κ3) is 5.25. The van der Waals surface area contributed by atoms with E-state index in [0.717, 1.165) is 62.3 Å². The van der Waals surface area contributed by atoms with Gasteiger partial charge in [-0.15, -0.1) is 0 Å². The zero-order chi connectivity index (χ0) is 48.9. The first-order valence-electron chi connectivity index (χ1n) is 25.8. The highest BCUT2D eigenvalue weighted by Crippen LogP contribution is 2.65. The van der Waals surface area contributed by atoms with Crippen molar-refractivity contribution in [3.63, 3.8) is 0 Å². The van der Waals surface area contributed by atoms with Crippen LogP contribution in [-0.4, -0.2) is 0 Å². The number of hydrogen-bond acceptors (Lipinski definition) is 3. The maximum absolute atomic E-state index is 6.75. The van der Waals surface area contributed by atoms with E-state index in [2.05, 4.69) is 267 Å². The van der Waals surface area contributed by atoms with Crippen LogP contribution in [0.1, 0.15) is 69.5 Å². The van der Waals surface area contributed by atoms with Gasteiger partial charge in [0.1, 0.15) is 23.0 Å². The maximum atomic E-state index is 6.75. The molecule has 2 aliphatic heterocycles. The molecule has 0 bridgehead atoms. The fourth-order valence-corrected chi connectivity index (χ4v) is 14.2. The van der Waals surface area contributed by atoms with E-state index in [-0.39, 0.29) is 5.41 Å². The monoisotopic (exact) mass is 945 g/mol. The number of rotatable bonds is 4. The van der Waals surface area contributed by atoms with Crippen molar-refractivity contribution in [2.45, 2.75) is 30.1 Å². The molecule has 11 aromatic rings. The predicted octanol–water partition coefficient (Wildman–Crippen LogP) is 18.1. The first-order chi connectivity index (χ1) is 36.5. The van der Waals surface area contributed by atoms with E-state index in [1.807, 2.05) is 0 Å². The van der Waals surface area contributed by atoms with Crippen LogP contribution in [0, 0.1) is 0 Å². The van der Waals surface area contributed by atoms with Crippen LogP contribution < -0.4 is 14.4 Å². The van der Waals surface area contributed by atoms with Crippen molar-refractivity contribution in [1.29, 1.82) is 0 Å². The minimum Gasteiger partial charge on any atom is -0.457 e. The predicted molar refractivity (Wildman–Crippen MR) is 299 cm³/mol. The van der Waals surface area contributed by atoms with E-state index in [0.29, 0.717) is 0 Å². The molecule has 3 aliphatic carbocycles. The molecule has 0 radical (unpaired) electrons. The fourth-order valence-electron chi connectivity index (χ4n) is 14.2. The Kier molecular flexibility index (Phi) is 8.37. The Morgan fingerprint density at radius 1 is 0.284 bits per heavy atom. The smallest absolute Gasteiger partial charge is 0.132 e. The zero-order valence-corrected chi connectivity index (χ0v) is 40.9. The molecule has 5 aliphatic rings. The molecule has 0 aromatic heterocycles. The summed E-state index contributed by atoms with van der Waals surface area (Å²) in [6.45, 7) is 4.75. The average Bonchev–Trinajstić information content (AvgIpc) is 4.12. The summed E-state index contributed by atoms with van der Waals surface area (Å²) in [4.78, 5) is 2.53. The topological polar surface area (TPSA) is 21.7 Å². The van der Waals surface area contributed by atoms with Crippen LogP contribution in [0.15, 0.2) is 249 Å². The number of ether oxygens (including phenoxy) is 2. The third-order valence-electron chi connectivity index (χ3n) is 17.2. The maximum Gasteiger partial charge on any atom is 0.132 e. The van der Waals surface area contributed by atoms with Crippen molar-refractivity contribution in [3.8, 4) is 67.5 Å². The molecule has 0 saturated heterocycles. The second-order valence-electron chi connectivity index (χ2n) is 21.0. The number of anilines is 3. The molecule has 0 unspecified atom stereocenters. The third-order valence-corrected chi connectivity index (χ3v) is 17.2. The van der Waals surface area contributed by atoms with E-state index in [1.54, 1.807) is 0 Å². The van der Waals surface area contributed by atoms with E-state index in [4.69, 9.17) is 9.47 Å². The lowest BCUT2D eigenvalue weighted by molar-refractivity contribution is 0.436. The molecule has 3 nitrogen and oxygen atoms in total. The molecule has 3 heteroatoms. The molecule has 74 heavy (non-hydrogen) atoms. The van der Waals surface area contributed by atoms with Crippen LogP contribution in [0.4, 0.5) is 17.1 Å². The summed E-state index contributed by atoms with van der Waals surface area (Å²) >= 11 is 0. The molecule has 0 atom stereocenters. The average molecular weight is 946 g/mol.